The van der Waals surface area contributed by atoms with Crippen LogP contribution < -0.4 is 5.73 Å². The zero-order valence-corrected chi connectivity index (χ0v) is 9.89. The van der Waals surface area contributed by atoms with Crippen LogP contribution in [0.1, 0.15) is 18.5 Å². The van der Waals surface area contributed by atoms with Crippen molar-refractivity contribution in [3.8, 4) is 0 Å². The second kappa shape index (κ2) is 6.22. The normalized spacial score (nSPS) is 10.4. The van der Waals surface area contributed by atoms with Crippen LogP contribution in [-0.2, 0) is 17.8 Å². The lowest BCUT2D eigenvalue weighted by Crippen LogP contribution is -2.21. The number of nitrogens with zero attached hydrogens (tertiary/aromatic N) is 4. The lowest BCUT2D eigenvalue weighted by atomic mass is 10.3. The van der Waals surface area contributed by atoms with Gasteiger partial charge in [0.25, 0.3) is 0 Å². The van der Waals surface area contributed by atoms with E-state index in [1.807, 2.05) is 6.20 Å². The highest BCUT2D eigenvalue weighted by molar-refractivity contribution is 5.75. The van der Waals surface area contributed by atoms with Gasteiger partial charge in [0.15, 0.2) is 0 Å². The number of hydrogen-bond donors (Lipinski definition) is 1. The van der Waals surface area contributed by atoms with Crippen molar-refractivity contribution in [2.24, 2.45) is 5.73 Å². The van der Waals surface area contributed by atoms with Gasteiger partial charge in [-0.2, -0.15) is 0 Å². The lowest BCUT2D eigenvalue weighted by molar-refractivity contribution is -0.128. The molecular formula is C10H19N5O. The molecule has 6 heteroatoms. The number of aryl methyl sites for hydroxylation is 1. The summed E-state index contributed by atoms with van der Waals surface area (Å²) < 4.78 is 1.76. The van der Waals surface area contributed by atoms with E-state index in [1.54, 1.807) is 23.7 Å². The molecule has 0 radical (unpaired) electrons. The van der Waals surface area contributed by atoms with Crippen molar-refractivity contribution in [3.63, 3.8) is 0 Å². The maximum absolute atomic E-state index is 11.3. The van der Waals surface area contributed by atoms with Crippen molar-refractivity contribution in [2.45, 2.75) is 25.8 Å². The Balaban J connectivity index is 2.29. The number of nitrogens with two attached hydrogens (primary N) is 1. The first-order valence-electron chi connectivity index (χ1n) is 5.42. The van der Waals surface area contributed by atoms with Crippen LogP contribution in [0.25, 0.3) is 0 Å². The molecule has 0 aliphatic heterocycles. The number of rotatable bonds is 6. The molecule has 0 aliphatic carbocycles. The van der Waals surface area contributed by atoms with Crippen LogP contribution >= 0.6 is 0 Å². The van der Waals surface area contributed by atoms with Crippen LogP contribution in [-0.4, -0.2) is 46.4 Å². The van der Waals surface area contributed by atoms with Crippen molar-refractivity contribution in [1.29, 1.82) is 0 Å². The Labute approximate surface area is 95.4 Å². The molecule has 0 aliphatic rings. The maximum Gasteiger partial charge on any atom is 0.222 e. The summed E-state index contributed by atoms with van der Waals surface area (Å²) in [4.78, 5) is 12.9. The van der Waals surface area contributed by atoms with Gasteiger partial charge in [0.2, 0.25) is 5.91 Å². The third kappa shape index (κ3) is 3.98. The lowest BCUT2D eigenvalue weighted by Gasteiger charge is -2.09. The average molecular weight is 225 g/mol. The van der Waals surface area contributed by atoms with E-state index >= 15 is 0 Å². The van der Waals surface area contributed by atoms with Gasteiger partial charge in [0.1, 0.15) is 0 Å². The minimum Gasteiger partial charge on any atom is -0.349 e. The second-order valence-electron chi connectivity index (χ2n) is 3.90. The molecule has 6 nitrogen and oxygen atoms in total. The van der Waals surface area contributed by atoms with Gasteiger partial charge < -0.3 is 10.6 Å². The van der Waals surface area contributed by atoms with E-state index in [0.29, 0.717) is 13.0 Å². The molecule has 1 aromatic heterocycles. The predicted molar refractivity (Wildman–Crippen MR) is 60.7 cm³/mol. The van der Waals surface area contributed by atoms with Gasteiger partial charge in [-0.05, 0) is 13.0 Å². The Morgan fingerprint density at radius 2 is 2.31 bits per heavy atom. The molecule has 90 valence electrons. The van der Waals surface area contributed by atoms with Gasteiger partial charge >= 0.3 is 0 Å². The summed E-state index contributed by atoms with van der Waals surface area (Å²) in [5.74, 6) is 0.141. The van der Waals surface area contributed by atoms with Gasteiger partial charge in [-0.25, -0.2) is 0 Å². The summed E-state index contributed by atoms with van der Waals surface area (Å²) in [7, 11) is 3.52. The Morgan fingerprint density at radius 3 is 2.94 bits per heavy atom. The fraction of sp³-hybridized carbons (Fsp3) is 0.700. The van der Waals surface area contributed by atoms with Gasteiger partial charge in [-0.15, -0.1) is 5.10 Å². The molecule has 0 bridgehead atoms. The van der Waals surface area contributed by atoms with Crippen LogP contribution in [0.3, 0.4) is 0 Å². The van der Waals surface area contributed by atoms with Crippen molar-refractivity contribution in [2.75, 3.05) is 20.6 Å². The van der Waals surface area contributed by atoms with E-state index in [9.17, 15) is 4.79 Å². The molecular weight excluding hydrogens is 206 g/mol. The summed E-state index contributed by atoms with van der Waals surface area (Å²) in [6, 6.07) is 0. The van der Waals surface area contributed by atoms with Gasteiger partial charge in [-0.3, -0.25) is 9.48 Å². The first kappa shape index (κ1) is 12.6. The van der Waals surface area contributed by atoms with Crippen LogP contribution in [0.4, 0.5) is 0 Å². The van der Waals surface area contributed by atoms with E-state index < -0.39 is 0 Å². The first-order valence-corrected chi connectivity index (χ1v) is 5.42. The Kier molecular flexibility index (Phi) is 4.91. The third-order valence-electron chi connectivity index (χ3n) is 2.26. The topological polar surface area (TPSA) is 77.0 Å². The maximum atomic E-state index is 11.3. The first-order chi connectivity index (χ1) is 7.63. The van der Waals surface area contributed by atoms with Crippen molar-refractivity contribution < 1.29 is 4.79 Å². The van der Waals surface area contributed by atoms with Crippen molar-refractivity contribution >= 4 is 5.91 Å². The Morgan fingerprint density at radius 1 is 1.56 bits per heavy atom. The molecule has 16 heavy (non-hydrogen) atoms. The smallest absolute Gasteiger partial charge is 0.222 e. The summed E-state index contributed by atoms with van der Waals surface area (Å²) in [5, 5.41) is 7.94. The molecule has 0 atom stereocenters. The number of carbonyl (C=O) groups is 1. The SMILES string of the molecule is CN(C)C(=O)CCCn1cc(CCN)nn1. The molecule has 0 fully saturated rings. The van der Waals surface area contributed by atoms with Crippen molar-refractivity contribution in [3.05, 3.63) is 11.9 Å². The van der Waals surface area contributed by atoms with Crippen molar-refractivity contribution in [1.82, 2.24) is 19.9 Å². The Hall–Kier alpha value is -1.43. The summed E-state index contributed by atoms with van der Waals surface area (Å²) in [6.45, 7) is 1.30. The minimum atomic E-state index is 0.141. The second-order valence-corrected chi connectivity index (χ2v) is 3.90. The van der Waals surface area contributed by atoms with E-state index in [0.717, 1.165) is 25.1 Å². The average Bonchev–Trinajstić information content (AvgIpc) is 2.66. The van der Waals surface area contributed by atoms with Crippen LogP contribution in [0.15, 0.2) is 6.20 Å². The molecule has 0 spiro atoms. The van der Waals surface area contributed by atoms with E-state index in [4.69, 9.17) is 5.73 Å². The summed E-state index contributed by atoms with van der Waals surface area (Å²) >= 11 is 0. The molecule has 0 unspecified atom stereocenters. The largest absolute Gasteiger partial charge is 0.349 e. The number of amides is 1. The molecule has 1 heterocycles. The number of carbonyl (C=O) groups excluding carboxylic acids is 1. The predicted octanol–water partition coefficient (Wildman–Crippen LogP) is -0.352. The quantitative estimate of drug-likeness (QED) is 0.717. The fourth-order valence-corrected chi connectivity index (χ4v) is 1.33. The molecule has 0 saturated carbocycles. The third-order valence-corrected chi connectivity index (χ3v) is 2.26. The van der Waals surface area contributed by atoms with Gasteiger partial charge in [-0.1, -0.05) is 5.21 Å². The zero-order valence-electron chi connectivity index (χ0n) is 9.89. The minimum absolute atomic E-state index is 0.141. The molecule has 0 aromatic carbocycles. The van der Waals surface area contributed by atoms with Crippen LogP contribution in [0.5, 0.6) is 0 Å². The van der Waals surface area contributed by atoms with Gasteiger partial charge in [0.05, 0.1) is 5.69 Å². The fourth-order valence-electron chi connectivity index (χ4n) is 1.33. The molecule has 2 N–H and O–H groups in total. The number of aromatic nitrogens is 3. The molecule has 1 aromatic rings. The zero-order chi connectivity index (χ0) is 12.0. The Bertz CT molecular complexity index is 334. The highest BCUT2D eigenvalue weighted by Gasteiger charge is 2.04. The van der Waals surface area contributed by atoms with Crippen LogP contribution in [0.2, 0.25) is 0 Å². The molecule has 0 saturated heterocycles. The summed E-state index contributed by atoms with van der Waals surface area (Å²) in [6.07, 6.45) is 3.95. The van der Waals surface area contributed by atoms with E-state index in [1.165, 1.54) is 0 Å². The van der Waals surface area contributed by atoms with Gasteiger partial charge in [0, 0.05) is 39.7 Å². The highest BCUT2D eigenvalue weighted by Crippen LogP contribution is 1.99. The van der Waals surface area contributed by atoms with Crippen LogP contribution in [0, 0.1) is 0 Å². The van der Waals surface area contributed by atoms with E-state index in [-0.39, 0.29) is 5.91 Å². The number of hydrogen-bond acceptors (Lipinski definition) is 4. The highest BCUT2D eigenvalue weighted by atomic mass is 16.2. The molecule has 1 rings (SSSR count). The molecule has 1 amide bonds. The monoisotopic (exact) mass is 225 g/mol. The standard InChI is InChI=1S/C10H19N5O/c1-14(2)10(16)4-3-7-15-8-9(5-6-11)12-13-15/h8H,3-7,11H2,1-2H3. The van der Waals surface area contributed by atoms with E-state index in [2.05, 4.69) is 10.3 Å². The summed E-state index contributed by atoms with van der Waals surface area (Å²) in [5.41, 5.74) is 6.32.